The number of hydrogen-bond acceptors (Lipinski definition) is 3. The van der Waals surface area contributed by atoms with Gasteiger partial charge in [-0.05, 0) is 51.4 Å². The van der Waals surface area contributed by atoms with Crippen molar-refractivity contribution in [2.45, 2.75) is 32.8 Å². The van der Waals surface area contributed by atoms with Crippen LogP contribution in [0.15, 0.2) is 24.3 Å². The second-order valence-electron chi connectivity index (χ2n) is 5.15. The molecule has 1 aliphatic heterocycles. The van der Waals surface area contributed by atoms with Crippen LogP contribution >= 0.6 is 0 Å². The predicted octanol–water partition coefficient (Wildman–Crippen LogP) is 2.66. The van der Waals surface area contributed by atoms with Crippen LogP contribution in [0.5, 0.6) is 5.75 Å². The highest BCUT2D eigenvalue weighted by atomic mass is 16.5. The molecule has 98 valence electrons. The van der Waals surface area contributed by atoms with E-state index in [9.17, 15) is 4.79 Å². The molecule has 0 aromatic heterocycles. The molecule has 1 atom stereocenters. The lowest BCUT2D eigenvalue weighted by atomic mass is 9.97. The first kappa shape index (κ1) is 13.1. The van der Waals surface area contributed by atoms with Crippen molar-refractivity contribution in [1.82, 2.24) is 5.32 Å². The Hall–Kier alpha value is -1.35. The zero-order valence-electron chi connectivity index (χ0n) is 11.1. The molecule has 0 saturated carbocycles. The second-order valence-corrected chi connectivity index (χ2v) is 5.15. The Morgan fingerprint density at radius 1 is 1.44 bits per heavy atom. The zero-order valence-corrected chi connectivity index (χ0v) is 11.1. The molecule has 1 N–H and O–H groups in total. The minimum Gasteiger partial charge on any atom is -0.490 e. The normalized spacial score (nSPS) is 19.2. The Kier molecular flexibility index (Phi) is 4.37. The van der Waals surface area contributed by atoms with Crippen LogP contribution in [-0.4, -0.2) is 25.0 Å². The number of rotatable bonds is 5. The van der Waals surface area contributed by atoms with E-state index in [0.717, 1.165) is 25.1 Å². The molecule has 1 aromatic rings. The topological polar surface area (TPSA) is 38.3 Å². The maximum atomic E-state index is 12.3. The first-order chi connectivity index (χ1) is 8.66. The monoisotopic (exact) mass is 247 g/mol. The van der Waals surface area contributed by atoms with Crippen molar-refractivity contribution in [3.8, 4) is 5.75 Å². The Balaban J connectivity index is 2.08. The summed E-state index contributed by atoms with van der Waals surface area (Å²) in [6.07, 6.45) is 1.80. The first-order valence-electron chi connectivity index (χ1n) is 6.66. The smallest absolute Gasteiger partial charge is 0.166 e. The summed E-state index contributed by atoms with van der Waals surface area (Å²) in [5.41, 5.74) is 0.720. The molecule has 18 heavy (non-hydrogen) atoms. The Morgan fingerprint density at radius 2 is 2.22 bits per heavy atom. The van der Waals surface area contributed by atoms with Crippen LogP contribution in [0.25, 0.3) is 0 Å². The highest BCUT2D eigenvalue weighted by Crippen LogP contribution is 2.24. The van der Waals surface area contributed by atoms with Crippen LogP contribution in [0.2, 0.25) is 0 Å². The second kappa shape index (κ2) is 6.01. The number of benzene rings is 1. The number of carbonyl (C=O) groups is 1. The third-order valence-electron chi connectivity index (χ3n) is 3.19. The molecule has 1 heterocycles. The minimum absolute atomic E-state index is 0.0899. The maximum Gasteiger partial charge on any atom is 0.166 e. The quantitative estimate of drug-likeness (QED) is 0.813. The van der Waals surface area contributed by atoms with Crippen LogP contribution in [0, 0.1) is 5.92 Å². The van der Waals surface area contributed by atoms with Crippen molar-refractivity contribution in [3.63, 3.8) is 0 Å². The van der Waals surface area contributed by atoms with Gasteiger partial charge in [-0.2, -0.15) is 0 Å². The van der Waals surface area contributed by atoms with Gasteiger partial charge in [0, 0.05) is 6.42 Å². The van der Waals surface area contributed by atoms with Gasteiger partial charge in [-0.1, -0.05) is 12.1 Å². The van der Waals surface area contributed by atoms with Gasteiger partial charge in [0.15, 0.2) is 5.78 Å². The number of para-hydroxylation sites is 1. The van der Waals surface area contributed by atoms with Gasteiger partial charge in [-0.3, -0.25) is 4.79 Å². The minimum atomic E-state index is 0.0899. The fraction of sp³-hybridized carbons (Fsp3) is 0.533. The first-order valence-corrected chi connectivity index (χ1v) is 6.66. The van der Waals surface area contributed by atoms with E-state index in [4.69, 9.17) is 4.74 Å². The van der Waals surface area contributed by atoms with E-state index in [1.807, 2.05) is 38.1 Å². The van der Waals surface area contributed by atoms with Gasteiger partial charge < -0.3 is 10.1 Å². The summed E-state index contributed by atoms with van der Waals surface area (Å²) < 4.78 is 5.69. The molecule has 2 rings (SSSR count). The van der Waals surface area contributed by atoms with Gasteiger partial charge in [-0.15, -0.1) is 0 Å². The summed E-state index contributed by atoms with van der Waals surface area (Å²) in [6.45, 7) is 5.94. The molecule has 1 fully saturated rings. The summed E-state index contributed by atoms with van der Waals surface area (Å²) in [6, 6.07) is 7.54. The number of hydrogen-bond donors (Lipinski definition) is 1. The lowest BCUT2D eigenvalue weighted by Crippen LogP contribution is -2.14. The van der Waals surface area contributed by atoms with Gasteiger partial charge in [0.25, 0.3) is 0 Å². The summed E-state index contributed by atoms with van der Waals surface area (Å²) in [7, 11) is 0. The van der Waals surface area contributed by atoms with E-state index < -0.39 is 0 Å². The molecule has 1 saturated heterocycles. The fourth-order valence-electron chi connectivity index (χ4n) is 2.31. The molecule has 0 aliphatic carbocycles. The summed E-state index contributed by atoms with van der Waals surface area (Å²) in [5, 5.41) is 3.29. The number of ketones is 1. The van der Waals surface area contributed by atoms with Gasteiger partial charge in [0.05, 0.1) is 11.7 Å². The number of ether oxygens (including phenoxy) is 1. The summed E-state index contributed by atoms with van der Waals surface area (Å²) >= 11 is 0. The van der Waals surface area contributed by atoms with E-state index in [1.54, 1.807) is 0 Å². The van der Waals surface area contributed by atoms with Crippen molar-refractivity contribution in [2.24, 2.45) is 5.92 Å². The maximum absolute atomic E-state index is 12.3. The van der Waals surface area contributed by atoms with Crippen LogP contribution in [0.3, 0.4) is 0 Å². The summed E-state index contributed by atoms with van der Waals surface area (Å²) in [4.78, 5) is 12.3. The van der Waals surface area contributed by atoms with Crippen LogP contribution in [0.4, 0.5) is 0 Å². The van der Waals surface area contributed by atoms with Crippen molar-refractivity contribution in [1.29, 1.82) is 0 Å². The number of Topliss-reactive ketones (excluding diaryl/α,β-unsaturated/α-hetero) is 1. The third-order valence-corrected chi connectivity index (χ3v) is 3.19. The van der Waals surface area contributed by atoms with E-state index in [-0.39, 0.29) is 11.9 Å². The average Bonchev–Trinajstić information content (AvgIpc) is 2.81. The molecule has 0 amide bonds. The molecular formula is C15H21NO2. The number of carbonyl (C=O) groups excluding carboxylic acids is 1. The summed E-state index contributed by atoms with van der Waals surface area (Å²) in [5.74, 6) is 1.38. The Labute approximate surface area is 109 Å². The molecule has 0 bridgehead atoms. The standard InChI is InChI=1S/C15H21NO2/c1-11(2)18-15-6-4-3-5-13(15)14(17)9-12-7-8-16-10-12/h3-6,11-12,16H,7-10H2,1-2H3. The van der Waals surface area contributed by atoms with Crippen molar-refractivity contribution in [3.05, 3.63) is 29.8 Å². The van der Waals surface area contributed by atoms with E-state index in [2.05, 4.69) is 5.32 Å². The molecule has 3 heteroatoms. The highest BCUT2D eigenvalue weighted by Gasteiger charge is 2.21. The van der Waals surface area contributed by atoms with Gasteiger partial charge in [-0.25, -0.2) is 0 Å². The Morgan fingerprint density at radius 3 is 2.89 bits per heavy atom. The van der Waals surface area contributed by atoms with Gasteiger partial charge in [0.1, 0.15) is 5.75 Å². The van der Waals surface area contributed by atoms with Crippen molar-refractivity contribution < 1.29 is 9.53 Å². The average molecular weight is 247 g/mol. The largest absolute Gasteiger partial charge is 0.490 e. The van der Waals surface area contributed by atoms with E-state index in [0.29, 0.717) is 18.1 Å². The molecule has 3 nitrogen and oxygen atoms in total. The van der Waals surface area contributed by atoms with E-state index >= 15 is 0 Å². The van der Waals surface area contributed by atoms with Crippen LogP contribution in [0.1, 0.15) is 37.0 Å². The van der Waals surface area contributed by atoms with Crippen molar-refractivity contribution >= 4 is 5.78 Å². The highest BCUT2D eigenvalue weighted by molar-refractivity contribution is 5.98. The molecule has 1 aromatic carbocycles. The SMILES string of the molecule is CC(C)Oc1ccccc1C(=O)CC1CCNC1. The zero-order chi connectivity index (χ0) is 13.0. The van der Waals surface area contributed by atoms with Crippen LogP contribution in [-0.2, 0) is 0 Å². The lowest BCUT2D eigenvalue weighted by Gasteiger charge is -2.14. The van der Waals surface area contributed by atoms with Gasteiger partial charge >= 0.3 is 0 Å². The van der Waals surface area contributed by atoms with Crippen molar-refractivity contribution in [2.75, 3.05) is 13.1 Å². The molecule has 0 spiro atoms. The molecule has 1 unspecified atom stereocenters. The third kappa shape index (κ3) is 3.33. The molecule has 1 aliphatic rings. The molecule has 0 radical (unpaired) electrons. The Bertz CT molecular complexity index is 409. The van der Waals surface area contributed by atoms with Crippen LogP contribution < -0.4 is 10.1 Å². The lowest BCUT2D eigenvalue weighted by molar-refractivity contribution is 0.0959. The predicted molar refractivity (Wildman–Crippen MR) is 72.1 cm³/mol. The number of nitrogens with one attached hydrogen (secondary N) is 1. The van der Waals surface area contributed by atoms with E-state index in [1.165, 1.54) is 0 Å². The molecular weight excluding hydrogens is 226 g/mol. The van der Waals surface area contributed by atoms with Gasteiger partial charge in [0.2, 0.25) is 0 Å². The fourth-order valence-corrected chi connectivity index (χ4v) is 2.31.